The average Bonchev–Trinajstić information content (AvgIpc) is 2.65. The van der Waals surface area contributed by atoms with E-state index in [1.54, 1.807) is 17.0 Å². The van der Waals surface area contributed by atoms with Gasteiger partial charge in [-0.3, -0.25) is 4.79 Å². The van der Waals surface area contributed by atoms with Gasteiger partial charge in [0.1, 0.15) is 6.04 Å². The molecule has 26 heavy (non-hydrogen) atoms. The Balaban J connectivity index is 1.90. The molecule has 8 nitrogen and oxygen atoms in total. The van der Waals surface area contributed by atoms with Crippen molar-refractivity contribution in [3.05, 3.63) is 30.3 Å². The number of piperidine rings is 1. The molecular weight excluding hydrogens is 338 g/mol. The molecule has 3 amide bonds. The molecule has 2 atom stereocenters. The maximum atomic E-state index is 12.4. The smallest absolute Gasteiger partial charge is 0.326 e. The quantitative estimate of drug-likeness (QED) is 0.681. The fraction of sp³-hybridized carbons (Fsp3) is 0.500. The molecule has 2 rings (SSSR count). The number of carboxylic acid groups (broad SMARTS) is 1. The number of carbonyl (C=O) groups excluding carboxylic acids is 2. The Hall–Kier alpha value is -2.61. The van der Waals surface area contributed by atoms with Crippen molar-refractivity contribution in [1.29, 1.82) is 0 Å². The van der Waals surface area contributed by atoms with E-state index >= 15 is 0 Å². The molecule has 1 heterocycles. The maximum Gasteiger partial charge on any atom is 0.326 e. The summed E-state index contributed by atoms with van der Waals surface area (Å²) in [5.41, 5.74) is 0.689. The molecule has 0 spiro atoms. The zero-order valence-corrected chi connectivity index (χ0v) is 14.8. The number of rotatable bonds is 7. The molecule has 3 N–H and O–H groups in total. The molecule has 0 saturated carbocycles. The molecular formula is C18H25N3O5. The van der Waals surface area contributed by atoms with E-state index in [1.165, 1.54) is 7.11 Å². The number of nitrogens with zero attached hydrogens (tertiary/aromatic N) is 1. The fourth-order valence-corrected chi connectivity index (χ4v) is 2.88. The van der Waals surface area contributed by atoms with Gasteiger partial charge in [-0.1, -0.05) is 18.2 Å². The first-order valence-corrected chi connectivity index (χ1v) is 8.64. The number of benzene rings is 1. The summed E-state index contributed by atoms with van der Waals surface area (Å²) < 4.78 is 4.88. The minimum atomic E-state index is -1.09. The van der Waals surface area contributed by atoms with Gasteiger partial charge in [-0.25, -0.2) is 9.59 Å². The molecule has 1 aliphatic rings. The van der Waals surface area contributed by atoms with Gasteiger partial charge in [0.25, 0.3) is 0 Å². The SMILES string of the molecule is COCCC(NC(=O)C1CCCN(C(=O)Nc2ccccc2)C1)C(=O)O. The van der Waals surface area contributed by atoms with Crippen LogP contribution in [0.4, 0.5) is 10.5 Å². The fourth-order valence-electron chi connectivity index (χ4n) is 2.88. The van der Waals surface area contributed by atoms with Crippen LogP contribution in [0, 0.1) is 5.92 Å². The maximum absolute atomic E-state index is 12.4. The van der Waals surface area contributed by atoms with E-state index in [0.717, 1.165) is 0 Å². The number of ether oxygens (including phenoxy) is 1. The molecule has 0 bridgehead atoms. The molecule has 1 aromatic rings. The van der Waals surface area contributed by atoms with Crippen LogP contribution in [0.15, 0.2) is 30.3 Å². The van der Waals surface area contributed by atoms with E-state index in [2.05, 4.69) is 10.6 Å². The number of para-hydroxylation sites is 1. The third-order valence-corrected chi connectivity index (χ3v) is 4.33. The highest BCUT2D eigenvalue weighted by molar-refractivity contribution is 5.90. The van der Waals surface area contributed by atoms with Gasteiger partial charge in [0, 0.05) is 38.9 Å². The van der Waals surface area contributed by atoms with Crippen molar-refractivity contribution in [2.45, 2.75) is 25.3 Å². The van der Waals surface area contributed by atoms with Crippen molar-refractivity contribution in [3.63, 3.8) is 0 Å². The van der Waals surface area contributed by atoms with Crippen LogP contribution in [0.1, 0.15) is 19.3 Å². The van der Waals surface area contributed by atoms with Gasteiger partial charge >= 0.3 is 12.0 Å². The lowest BCUT2D eigenvalue weighted by Gasteiger charge is -2.32. The number of likely N-dealkylation sites (tertiary alicyclic amines) is 1. The van der Waals surface area contributed by atoms with Gasteiger partial charge in [-0.15, -0.1) is 0 Å². The standard InChI is InChI=1S/C18H25N3O5/c1-26-11-9-15(17(23)24)20-16(22)13-6-5-10-21(12-13)18(25)19-14-7-3-2-4-8-14/h2-4,7-8,13,15H,5-6,9-12H2,1H3,(H,19,25)(H,20,22)(H,23,24). The molecule has 0 aromatic heterocycles. The van der Waals surface area contributed by atoms with E-state index in [4.69, 9.17) is 4.74 Å². The zero-order chi connectivity index (χ0) is 18.9. The van der Waals surface area contributed by atoms with Gasteiger partial charge in [0.2, 0.25) is 5.91 Å². The van der Waals surface area contributed by atoms with Crippen LogP contribution in [0.3, 0.4) is 0 Å². The second-order valence-corrected chi connectivity index (χ2v) is 6.26. The molecule has 142 valence electrons. The number of amides is 3. The third kappa shape index (κ3) is 5.73. The average molecular weight is 363 g/mol. The van der Waals surface area contributed by atoms with Crippen LogP contribution >= 0.6 is 0 Å². The van der Waals surface area contributed by atoms with Crippen LogP contribution in [0.2, 0.25) is 0 Å². The summed E-state index contributed by atoms with van der Waals surface area (Å²) in [6.07, 6.45) is 1.51. The highest BCUT2D eigenvalue weighted by atomic mass is 16.5. The van der Waals surface area contributed by atoms with Crippen molar-refractivity contribution >= 4 is 23.6 Å². The number of urea groups is 1. The second-order valence-electron chi connectivity index (χ2n) is 6.26. The number of carboxylic acids is 1. The summed E-state index contributed by atoms with van der Waals surface area (Å²) in [7, 11) is 1.48. The van der Waals surface area contributed by atoms with Crippen LogP contribution in [-0.2, 0) is 14.3 Å². The first kappa shape index (κ1) is 19.7. The highest BCUT2D eigenvalue weighted by Gasteiger charge is 2.30. The second kappa shape index (κ2) is 9.76. The Morgan fingerprint density at radius 2 is 2.04 bits per heavy atom. The van der Waals surface area contributed by atoms with Crippen LogP contribution < -0.4 is 10.6 Å². The van der Waals surface area contributed by atoms with Crippen molar-refractivity contribution in [1.82, 2.24) is 10.2 Å². The lowest BCUT2D eigenvalue weighted by atomic mass is 9.97. The van der Waals surface area contributed by atoms with Crippen LogP contribution in [0.25, 0.3) is 0 Å². The molecule has 1 aromatic carbocycles. The highest BCUT2D eigenvalue weighted by Crippen LogP contribution is 2.18. The van der Waals surface area contributed by atoms with E-state index in [-0.39, 0.29) is 31.5 Å². The molecule has 1 saturated heterocycles. The summed E-state index contributed by atoms with van der Waals surface area (Å²) in [5, 5.41) is 14.6. The Kier molecular flexibility index (Phi) is 7.40. The summed E-state index contributed by atoms with van der Waals surface area (Å²) in [5.74, 6) is -1.86. The molecule has 1 fully saturated rings. The predicted octanol–water partition coefficient (Wildman–Crippen LogP) is 1.54. The molecule has 0 radical (unpaired) electrons. The Morgan fingerprint density at radius 1 is 1.31 bits per heavy atom. The van der Waals surface area contributed by atoms with Gasteiger partial charge in [0.15, 0.2) is 0 Å². The van der Waals surface area contributed by atoms with Crippen LogP contribution in [0.5, 0.6) is 0 Å². The van der Waals surface area contributed by atoms with E-state index in [1.807, 2.05) is 18.2 Å². The minimum absolute atomic E-state index is 0.197. The summed E-state index contributed by atoms with van der Waals surface area (Å²) >= 11 is 0. The normalized spacial score (nSPS) is 18.0. The minimum Gasteiger partial charge on any atom is -0.480 e. The molecule has 0 aliphatic carbocycles. The van der Waals surface area contributed by atoms with E-state index < -0.39 is 17.9 Å². The van der Waals surface area contributed by atoms with Gasteiger partial charge in [0.05, 0.1) is 5.92 Å². The summed E-state index contributed by atoms with van der Waals surface area (Å²) in [4.78, 5) is 37.7. The Bertz CT molecular complexity index is 623. The van der Waals surface area contributed by atoms with Gasteiger partial charge in [-0.2, -0.15) is 0 Å². The Morgan fingerprint density at radius 3 is 2.69 bits per heavy atom. The first-order chi connectivity index (χ1) is 12.5. The molecule has 8 heteroatoms. The zero-order valence-electron chi connectivity index (χ0n) is 14.8. The summed E-state index contributed by atoms with van der Waals surface area (Å²) in [6, 6.07) is 7.85. The molecule has 1 aliphatic heterocycles. The lowest BCUT2D eigenvalue weighted by Crippen LogP contribution is -2.50. The van der Waals surface area contributed by atoms with Crippen molar-refractivity contribution in [2.75, 3.05) is 32.1 Å². The monoisotopic (exact) mass is 363 g/mol. The van der Waals surface area contributed by atoms with Crippen molar-refractivity contribution in [3.8, 4) is 0 Å². The van der Waals surface area contributed by atoms with Gasteiger partial charge < -0.3 is 25.4 Å². The number of aliphatic carboxylic acids is 1. The third-order valence-electron chi connectivity index (χ3n) is 4.33. The largest absolute Gasteiger partial charge is 0.480 e. The van der Waals surface area contributed by atoms with E-state index in [0.29, 0.717) is 25.1 Å². The number of nitrogens with one attached hydrogen (secondary N) is 2. The van der Waals surface area contributed by atoms with Crippen LogP contribution in [-0.4, -0.2) is 60.8 Å². The predicted molar refractivity (Wildman–Crippen MR) is 95.8 cm³/mol. The molecule has 2 unspecified atom stereocenters. The number of carbonyl (C=O) groups is 3. The lowest BCUT2D eigenvalue weighted by molar-refractivity contribution is -0.143. The number of methoxy groups -OCH3 is 1. The number of anilines is 1. The van der Waals surface area contributed by atoms with Gasteiger partial charge in [-0.05, 0) is 25.0 Å². The number of hydrogen-bond donors (Lipinski definition) is 3. The topological polar surface area (TPSA) is 108 Å². The van der Waals surface area contributed by atoms with E-state index in [9.17, 15) is 19.5 Å². The number of hydrogen-bond acceptors (Lipinski definition) is 4. The van der Waals surface area contributed by atoms with Crippen molar-refractivity contribution in [2.24, 2.45) is 5.92 Å². The first-order valence-electron chi connectivity index (χ1n) is 8.64. The summed E-state index contributed by atoms with van der Waals surface area (Å²) in [6.45, 7) is 1.07. The Labute approximate surface area is 152 Å². The van der Waals surface area contributed by atoms with Crippen molar-refractivity contribution < 1.29 is 24.2 Å².